The van der Waals surface area contributed by atoms with Crippen molar-refractivity contribution in [3.05, 3.63) is 95.3 Å². The van der Waals surface area contributed by atoms with Gasteiger partial charge in [0.05, 0.1) is 17.6 Å². The molecule has 0 unspecified atom stereocenters. The number of hydrogen-bond acceptors (Lipinski definition) is 3. The molecule has 4 rings (SSSR count). The third-order valence-corrected chi connectivity index (χ3v) is 6.33. The van der Waals surface area contributed by atoms with E-state index in [1.807, 2.05) is 37.3 Å². The second kappa shape index (κ2) is 11.7. The summed E-state index contributed by atoms with van der Waals surface area (Å²) in [7, 11) is 0. The fourth-order valence-corrected chi connectivity index (χ4v) is 4.30. The van der Waals surface area contributed by atoms with E-state index >= 15 is 0 Å². The maximum absolute atomic E-state index is 12.5. The molecule has 0 aliphatic carbocycles. The van der Waals surface area contributed by atoms with Gasteiger partial charge in [-0.05, 0) is 67.1 Å². The number of amides is 1. The number of fused-ring (bicyclic) bond motifs is 1. The van der Waals surface area contributed by atoms with Gasteiger partial charge in [0.25, 0.3) is 5.91 Å². The number of carbonyl (C=O) groups excluding carboxylic acids is 1. The van der Waals surface area contributed by atoms with Crippen molar-refractivity contribution >= 4 is 16.9 Å². The van der Waals surface area contributed by atoms with E-state index in [1.54, 1.807) is 0 Å². The third-order valence-electron chi connectivity index (χ3n) is 6.33. The van der Waals surface area contributed by atoms with Gasteiger partial charge >= 0.3 is 0 Å². The number of aryl methyl sites for hydroxylation is 3. The van der Waals surface area contributed by atoms with Crippen molar-refractivity contribution in [2.75, 3.05) is 13.2 Å². The van der Waals surface area contributed by atoms with Gasteiger partial charge in [-0.3, -0.25) is 4.79 Å². The predicted octanol–water partition coefficient (Wildman–Crippen LogP) is 6.30. The predicted molar refractivity (Wildman–Crippen MR) is 142 cm³/mol. The summed E-state index contributed by atoms with van der Waals surface area (Å²) in [5.74, 6) is 2.47. The number of rotatable bonds is 11. The van der Waals surface area contributed by atoms with Crippen molar-refractivity contribution in [2.24, 2.45) is 0 Å². The summed E-state index contributed by atoms with van der Waals surface area (Å²) in [5.41, 5.74) is 5.20. The third kappa shape index (κ3) is 6.30. The Hall–Kier alpha value is -3.60. The van der Waals surface area contributed by atoms with Gasteiger partial charge < -0.3 is 14.6 Å². The number of ether oxygens (including phenoxy) is 1. The van der Waals surface area contributed by atoms with Crippen molar-refractivity contribution in [3.63, 3.8) is 0 Å². The highest BCUT2D eigenvalue weighted by molar-refractivity contribution is 5.95. The highest BCUT2D eigenvalue weighted by Gasteiger charge is 2.11. The Morgan fingerprint density at radius 3 is 2.49 bits per heavy atom. The fraction of sp³-hybridized carbons (Fsp3) is 0.333. The molecule has 0 spiro atoms. The monoisotopic (exact) mass is 469 g/mol. The molecule has 1 heterocycles. The highest BCUT2D eigenvalue weighted by atomic mass is 16.5. The lowest BCUT2D eigenvalue weighted by Crippen LogP contribution is -2.25. The van der Waals surface area contributed by atoms with Gasteiger partial charge in [-0.2, -0.15) is 0 Å². The molecule has 0 radical (unpaired) electrons. The molecule has 0 saturated carbocycles. The van der Waals surface area contributed by atoms with Crippen LogP contribution < -0.4 is 10.1 Å². The van der Waals surface area contributed by atoms with E-state index in [-0.39, 0.29) is 5.91 Å². The quantitative estimate of drug-likeness (QED) is 0.262. The van der Waals surface area contributed by atoms with Gasteiger partial charge in [-0.15, -0.1) is 0 Å². The molecule has 5 heteroatoms. The van der Waals surface area contributed by atoms with Gasteiger partial charge in [0, 0.05) is 25.1 Å². The zero-order valence-corrected chi connectivity index (χ0v) is 21.0. The van der Waals surface area contributed by atoms with Crippen LogP contribution in [-0.2, 0) is 13.0 Å². The maximum Gasteiger partial charge on any atom is 0.251 e. The zero-order valence-electron chi connectivity index (χ0n) is 21.0. The Bertz CT molecular complexity index is 1260. The lowest BCUT2D eigenvalue weighted by Gasteiger charge is -2.12. The molecule has 0 saturated heterocycles. The Morgan fingerprint density at radius 1 is 0.971 bits per heavy atom. The Balaban J connectivity index is 1.32. The van der Waals surface area contributed by atoms with Crippen molar-refractivity contribution in [1.29, 1.82) is 0 Å². The maximum atomic E-state index is 12.5. The summed E-state index contributed by atoms with van der Waals surface area (Å²) in [6.07, 6.45) is 2.53. The molecule has 0 bridgehead atoms. The lowest BCUT2D eigenvalue weighted by molar-refractivity contribution is 0.0952. The van der Waals surface area contributed by atoms with Crippen LogP contribution in [0.25, 0.3) is 11.0 Å². The minimum Gasteiger partial charge on any atom is -0.494 e. The van der Waals surface area contributed by atoms with Crippen LogP contribution in [0.4, 0.5) is 0 Å². The lowest BCUT2D eigenvalue weighted by atomic mass is 10.0. The van der Waals surface area contributed by atoms with E-state index in [1.165, 1.54) is 5.56 Å². The molecule has 35 heavy (non-hydrogen) atoms. The summed E-state index contributed by atoms with van der Waals surface area (Å²) in [6, 6.07) is 24.3. The molecule has 4 aromatic rings. The molecule has 3 aromatic carbocycles. The van der Waals surface area contributed by atoms with Gasteiger partial charge in [-0.25, -0.2) is 4.98 Å². The Labute approximate surface area is 208 Å². The zero-order chi connectivity index (χ0) is 24.6. The number of benzene rings is 3. The number of hydrogen-bond donors (Lipinski definition) is 1. The van der Waals surface area contributed by atoms with Crippen LogP contribution in [0.15, 0.2) is 72.8 Å². The molecule has 0 aliphatic heterocycles. The van der Waals surface area contributed by atoms with Crippen LogP contribution in [0.5, 0.6) is 5.75 Å². The molecule has 0 atom stereocenters. The fourth-order valence-electron chi connectivity index (χ4n) is 4.30. The van der Waals surface area contributed by atoms with E-state index < -0.39 is 0 Å². The summed E-state index contributed by atoms with van der Waals surface area (Å²) in [6.45, 7) is 8.46. The number of nitrogens with one attached hydrogen (secondary N) is 1. The highest BCUT2D eigenvalue weighted by Crippen LogP contribution is 2.20. The number of aromatic nitrogens is 2. The van der Waals surface area contributed by atoms with E-state index in [0.29, 0.717) is 19.1 Å². The topological polar surface area (TPSA) is 56.2 Å². The minimum atomic E-state index is -0.0184. The van der Waals surface area contributed by atoms with Crippen LogP contribution in [0.3, 0.4) is 0 Å². The van der Waals surface area contributed by atoms with Crippen LogP contribution in [0.1, 0.15) is 59.9 Å². The second-order valence-electron chi connectivity index (χ2n) is 9.27. The average Bonchev–Trinajstić information content (AvgIpc) is 3.22. The van der Waals surface area contributed by atoms with E-state index in [4.69, 9.17) is 9.72 Å². The first kappa shape index (κ1) is 24.5. The van der Waals surface area contributed by atoms with Gasteiger partial charge in [-0.1, -0.05) is 56.3 Å². The first-order valence-electron chi connectivity index (χ1n) is 12.5. The standard InChI is InChI=1S/C30H35N3O2/c1-22(2)24-15-17-25(18-16-24)35-21-9-20-33-28-13-7-6-12-27(28)32-29(33)14-8-19-31-30(34)26-11-5-4-10-23(26)3/h4-7,10-13,15-18,22H,8-9,14,19-21H2,1-3H3,(H,31,34). The van der Waals surface area contributed by atoms with Gasteiger partial charge in [0.1, 0.15) is 11.6 Å². The summed E-state index contributed by atoms with van der Waals surface area (Å²) in [4.78, 5) is 17.4. The summed E-state index contributed by atoms with van der Waals surface area (Å²) < 4.78 is 8.28. The molecule has 1 aromatic heterocycles. The summed E-state index contributed by atoms with van der Waals surface area (Å²) >= 11 is 0. The van der Waals surface area contributed by atoms with Crippen LogP contribution in [-0.4, -0.2) is 28.6 Å². The first-order valence-corrected chi connectivity index (χ1v) is 12.5. The van der Waals surface area contributed by atoms with Crippen LogP contribution in [0, 0.1) is 6.92 Å². The Kier molecular flexibility index (Phi) is 8.19. The van der Waals surface area contributed by atoms with Crippen molar-refractivity contribution in [2.45, 2.75) is 52.5 Å². The van der Waals surface area contributed by atoms with Crippen molar-refractivity contribution < 1.29 is 9.53 Å². The van der Waals surface area contributed by atoms with Gasteiger partial charge in [0.15, 0.2) is 0 Å². The van der Waals surface area contributed by atoms with Crippen LogP contribution in [0.2, 0.25) is 0 Å². The minimum absolute atomic E-state index is 0.0184. The van der Waals surface area contributed by atoms with E-state index in [9.17, 15) is 4.79 Å². The smallest absolute Gasteiger partial charge is 0.251 e. The van der Waals surface area contributed by atoms with Gasteiger partial charge in [0.2, 0.25) is 0 Å². The SMILES string of the molecule is Cc1ccccc1C(=O)NCCCc1nc2ccccc2n1CCCOc1ccc(C(C)C)cc1. The molecular formula is C30H35N3O2. The second-order valence-corrected chi connectivity index (χ2v) is 9.27. The number of imidazole rings is 1. The molecule has 182 valence electrons. The van der Waals surface area contributed by atoms with Crippen LogP contribution >= 0.6 is 0 Å². The Morgan fingerprint density at radius 2 is 1.71 bits per heavy atom. The number of nitrogens with zero attached hydrogens (tertiary/aromatic N) is 2. The molecule has 0 fully saturated rings. The largest absolute Gasteiger partial charge is 0.494 e. The molecular weight excluding hydrogens is 434 g/mol. The van der Waals surface area contributed by atoms with E-state index in [0.717, 1.165) is 59.5 Å². The summed E-state index contributed by atoms with van der Waals surface area (Å²) in [5, 5.41) is 3.05. The number of carbonyl (C=O) groups is 1. The normalized spacial score (nSPS) is 11.2. The molecule has 0 aliphatic rings. The molecule has 1 amide bonds. The molecule has 1 N–H and O–H groups in total. The first-order chi connectivity index (χ1) is 17.0. The molecule has 5 nitrogen and oxygen atoms in total. The number of para-hydroxylation sites is 2. The van der Waals surface area contributed by atoms with Crippen molar-refractivity contribution in [1.82, 2.24) is 14.9 Å². The average molecular weight is 470 g/mol. The van der Waals surface area contributed by atoms with E-state index in [2.05, 4.69) is 66.2 Å². The van der Waals surface area contributed by atoms with Crippen molar-refractivity contribution in [3.8, 4) is 5.75 Å².